The molecule has 0 bridgehead atoms. The Morgan fingerprint density at radius 3 is 3.08 bits per heavy atom. The lowest BCUT2D eigenvalue weighted by Crippen LogP contribution is -2.53. The molecule has 2 rings (SSSR count). The Bertz CT molecular complexity index is 145. The maximum Gasteiger partial charge on any atom is 0.0622 e. The van der Waals surface area contributed by atoms with Gasteiger partial charge in [0.25, 0.3) is 0 Å². The molecule has 12 heavy (non-hydrogen) atoms. The van der Waals surface area contributed by atoms with E-state index in [1.165, 1.54) is 19.5 Å². The summed E-state index contributed by atoms with van der Waals surface area (Å²) in [6, 6.07) is 1.36. The maximum atomic E-state index is 5.38. The van der Waals surface area contributed by atoms with Crippen molar-refractivity contribution in [2.45, 2.75) is 25.4 Å². The van der Waals surface area contributed by atoms with Crippen molar-refractivity contribution in [1.29, 1.82) is 0 Å². The van der Waals surface area contributed by atoms with Crippen LogP contribution in [-0.4, -0.2) is 49.8 Å². The molecule has 1 N–H and O–H groups in total. The highest BCUT2D eigenvalue weighted by atomic mass is 16.5. The predicted octanol–water partition coefficient (Wildman–Crippen LogP) is 0.0690. The third kappa shape index (κ3) is 1.79. The Morgan fingerprint density at radius 1 is 1.50 bits per heavy atom. The Labute approximate surface area is 74.1 Å². The van der Waals surface area contributed by atoms with Gasteiger partial charge in [0.05, 0.1) is 6.61 Å². The molecule has 2 saturated heterocycles. The van der Waals surface area contributed by atoms with Crippen LogP contribution in [0.5, 0.6) is 0 Å². The van der Waals surface area contributed by atoms with Gasteiger partial charge in [0.1, 0.15) is 0 Å². The maximum absolute atomic E-state index is 5.38. The summed E-state index contributed by atoms with van der Waals surface area (Å²) in [6.07, 6.45) is 1.23. The van der Waals surface area contributed by atoms with Crippen LogP contribution in [0.25, 0.3) is 0 Å². The minimum atomic E-state index is 0.652. The van der Waals surface area contributed by atoms with Crippen LogP contribution in [0.15, 0.2) is 0 Å². The molecule has 0 aliphatic carbocycles. The van der Waals surface area contributed by atoms with E-state index < -0.39 is 0 Å². The van der Waals surface area contributed by atoms with Gasteiger partial charge in [0.2, 0.25) is 0 Å². The first-order valence-corrected chi connectivity index (χ1v) is 4.91. The normalized spacial score (nSPS) is 38.8. The van der Waals surface area contributed by atoms with Crippen LogP contribution in [0.3, 0.4) is 0 Å². The van der Waals surface area contributed by atoms with E-state index in [9.17, 15) is 0 Å². The van der Waals surface area contributed by atoms with Gasteiger partial charge in [-0.15, -0.1) is 0 Å². The first-order valence-electron chi connectivity index (χ1n) is 4.91. The summed E-state index contributed by atoms with van der Waals surface area (Å²) in [4.78, 5) is 2.56. The second-order valence-corrected chi connectivity index (χ2v) is 3.87. The monoisotopic (exact) mass is 170 g/mol. The highest BCUT2D eigenvalue weighted by Crippen LogP contribution is 2.13. The van der Waals surface area contributed by atoms with Gasteiger partial charge in [0.15, 0.2) is 0 Å². The standard InChI is InChI=1S/C9H18N2O/c1-8-6-11(4-3-10-8)9-2-5-12-7-9/h8-10H,2-7H2,1H3. The summed E-state index contributed by atoms with van der Waals surface area (Å²) >= 11 is 0. The molecule has 3 heteroatoms. The number of nitrogens with one attached hydrogen (secondary N) is 1. The smallest absolute Gasteiger partial charge is 0.0622 e. The topological polar surface area (TPSA) is 24.5 Å². The third-order valence-electron chi connectivity index (χ3n) is 2.82. The number of rotatable bonds is 1. The van der Waals surface area contributed by atoms with Gasteiger partial charge >= 0.3 is 0 Å². The van der Waals surface area contributed by atoms with Crippen molar-refractivity contribution in [3.05, 3.63) is 0 Å². The molecule has 70 valence electrons. The molecule has 3 nitrogen and oxygen atoms in total. The van der Waals surface area contributed by atoms with Crippen molar-refractivity contribution < 1.29 is 4.74 Å². The Morgan fingerprint density at radius 2 is 2.42 bits per heavy atom. The number of hydrogen-bond acceptors (Lipinski definition) is 3. The Hall–Kier alpha value is -0.120. The number of nitrogens with zero attached hydrogens (tertiary/aromatic N) is 1. The van der Waals surface area contributed by atoms with Crippen LogP contribution in [0.1, 0.15) is 13.3 Å². The molecule has 0 aromatic heterocycles. The molecule has 2 heterocycles. The fourth-order valence-electron chi connectivity index (χ4n) is 2.10. The fraction of sp³-hybridized carbons (Fsp3) is 1.00. The van der Waals surface area contributed by atoms with E-state index in [0.29, 0.717) is 12.1 Å². The number of hydrogen-bond donors (Lipinski definition) is 1. The highest BCUT2D eigenvalue weighted by molar-refractivity contribution is 4.82. The van der Waals surface area contributed by atoms with Crippen molar-refractivity contribution in [3.63, 3.8) is 0 Å². The van der Waals surface area contributed by atoms with Crippen molar-refractivity contribution in [2.24, 2.45) is 0 Å². The van der Waals surface area contributed by atoms with Crippen LogP contribution in [0, 0.1) is 0 Å². The molecular formula is C9H18N2O. The van der Waals surface area contributed by atoms with E-state index in [1.807, 2.05) is 0 Å². The first-order chi connectivity index (χ1) is 5.86. The largest absolute Gasteiger partial charge is 0.380 e. The zero-order valence-corrected chi connectivity index (χ0v) is 7.75. The minimum Gasteiger partial charge on any atom is -0.380 e. The molecule has 2 aliphatic rings. The number of piperazine rings is 1. The van der Waals surface area contributed by atoms with Gasteiger partial charge in [-0.05, 0) is 13.3 Å². The zero-order valence-electron chi connectivity index (χ0n) is 7.75. The molecule has 0 radical (unpaired) electrons. The molecule has 0 amide bonds. The average molecular weight is 170 g/mol. The quantitative estimate of drug-likeness (QED) is 0.602. The second-order valence-electron chi connectivity index (χ2n) is 3.87. The van der Waals surface area contributed by atoms with Gasteiger partial charge in [-0.1, -0.05) is 0 Å². The van der Waals surface area contributed by atoms with E-state index in [-0.39, 0.29) is 0 Å². The molecule has 2 atom stereocenters. The summed E-state index contributed by atoms with van der Waals surface area (Å²) in [5.41, 5.74) is 0. The molecule has 0 aromatic carbocycles. The van der Waals surface area contributed by atoms with Crippen LogP contribution >= 0.6 is 0 Å². The SMILES string of the molecule is CC1CN(C2CCOC2)CCN1. The van der Waals surface area contributed by atoms with Crippen molar-refractivity contribution >= 4 is 0 Å². The van der Waals surface area contributed by atoms with Crippen molar-refractivity contribution in [2.75, 3.05) is 32.8 Å². The zero-order chi connectivity index (χ0) is 8.39. The summed E-state index contributed by atoms with van der Waals surface area (Å²) in [5, 5.41) is 3.45. The predicted molar refractivity (Wildman–Crippen MR) is 48.3 cm³/mol. The van der Waals surface area contributed by atoms with Gasteiger partial charge in [0, 0.05) is 38.3 Å². The average Bonchev–Trinajstić information content (AvgIpc) is 2.56. The van der Waals surface area contributed by atoms with Crippen molar-refractivity contribution in [3.8, 4) is 0 Å². The van der Waals surface area contributed by atoms with E-state index in [4.69, 9.17) is 4.74 Å². The lowest BCUT2D eigenvalue weighted by Gasteiger charge is -2.35. The van der Waals surface area contributed by atoms with Crippen LogP contribution in [-0.2, 0) is 4.74 Å². The van der Waals surface area contributed by atoms with Gasteiger partial charge < -0.3 is 10.1 Å². The summed E-state index contributed by atoms with van der Waals surface area (Å²) < 4.78 is 5.38. The van der Waals surface area contributed by atoms with Crippen LogP contribution < -0.4 is 5.32 Å². The first kappa shape index (κ1) is 8.48. The van der Waals surface area contributed by atoms with E-state index in [1.54, 1.807) is 0 Å². The highest BCUT2D eigenvalue weighted by Gasteiger charge is 2.26. The lowest BCUT2D eigenvalue weighted by molar-refractivity contribution is 0.120. The number of ether oxygens (including phenoxy) is 1. The molecular weight excluding hydrogens is 152 g/mol. The molecule has 2 aliphatic heterocycles. The van der Waals surface area contributed by atoms with E-state index >= 15 is 0 Å². The lowest BCUT2D eigenvalue weighted by atomic mass is 10.1. The fourth-order valence-corrected chi connectivity index (χ4v) is 2.10. The molecule has 2 fully saturated rings. The van der Waals surface area contributed by atoms with E-state index in [2.05, 4.69) is 17.1 Å². The van der Waals surface area contributed by atoms with Gasteiger partial charge in [-0.2, -0.15) is 0 Å². The van der Waals surface area contributed by atoms with E-state index in [0.717, 1.165) is 19.8 Å². The van der Waals surface area contributed by atoms with Crippen LogP contribution in [0.4, 0.5) is 0 Å². The molecule has 2 unspecified atom stereocenters. The van der Waals surface area contributed by atoms with Crippen molar-refractivity contribution in [1.82, 2.24) is 10.2 Å². The molecule has 0 aromatic rings. The third-order valence-corrected chi connectivity index (χ3v) is 2.82. The molecule has 0 saturated carbocycles. The second kappa shape index (κ2) is 3.73. The van der Waals surface area contributed by atoms with Gasteiger partial charge in [-0.3, -0.25) is 4.90 Å². The van der Waals surface area contributed by atoms with Crippen LogP contribution in [0.2, 0.25) is 0 Å². The summed E-state index contributed by atoms with van der Waals surface area (Å²) in [6.45, 7) is 7.68. The Balaban J connectivity index is 1.85. The van der Waals surface area contributed by atoms with Gasteiger partial charge in [-0.25, -0.2) is 0 Å². The summed E-state index contributed by atoms with van der Waals surface area (Å²) in [7, 11) is 0. The minimum absolute atomic E-state index is 0.652. The Kier molecular flexibility index (Phi) is 2.63. The summed E-state index contributed by atoms with van der Waals surface area (Å²) in [5.74, 6) is 0. The molecule has 0 spiro atoms.